The molecule has 0 radical (unpaired) electrons. The van der Waals surface area contributed by atoms with Crippen LogP contribution in [0.2, 0.25) is 0 Å². The Hall–Kier alpha value is -1.81. The lowest BCUT2D eigenvalue weighted by molar-refractivity contribution is -0.154. The van der Waals surface area contributed by atoms with Crippen LogP contribution in [0.1, 0.15) is 271 Å². The Labute approximate surface area is 412 Å². The molecule has 3 unspecified atom stereocenters. The van der Waals surface area contributed by atoms with E-state index in [2.05, 4.69) is 50.3 Å². The average Bonchev–Trinajstić information content (AvgIpc) is 3.31. The maximum absolute atomic E-state index is 12.7. The van der Waals surface area contributed by atoms with Crippen LogP contribution in [0.3, 0.4) is 0 Å². The standard InChI is InChI=1S/C56H106NO9P/c1-3-5-7-9-11-13-15-17-19-21-23-25-26-27-29-31-33-35-37-39-41-43-45-47-49-63-50-53(51-64-67(61,62)65-52-54(57)56(59)60)66-55(58)48-46-44-42-40-38-36-34-32-30-28-24-22-20-18-16-14-12-10-8-6-4-2/h16,18,21-24,53-54H,3-15,17,19-20,25-52,57H2,1-2H3,(H,59,60)(H,61,62)/b18-16-,23-21-,24-22-. The molecule has 0 bridgehead atoms. The Morgan fingerprint density at radius 2 is 0.821 bits per heavy atom. The number of carboxylic acids is 1. The maximum atomic E-state index is 12.7. The van der Waals surface area contributed by atoms with Gasteiger partial charge in [0.05, 0.1) is 19.8 Å². The van der Waals surface area contributed by atoms with Crippen molar-refractivity contribution < 1.29 is 42.7 Å². The molecule has 67 heavy (non-hydrogen) atoms. The van der Waals surface area contributed by atoms with Crippen molar-refractivity contribution in [3.8, 4) is 0 Å². The summed E-state index contributed by atoms with van der Waals surface area (Å²) in [5, 5.41) is 8.95. The number of unbranched alkanes of at least 4 members (excludes halogenated alkanes) is 34. The lowest BCUT2D eigenvalue weighted by Gasteiger charge is -2.20. The Morgan fingerprint density at radius 3 is 1.22 bits per heavy atom. The fraction of sp³-hybridized carbons (Fsp3) is 0.857. The highest BCUT2D eigenvalue weighted by molar-refractivity contribution is 7.47. The molecule has 0 aliphatic carbocycles. The highest BCUT2D eigenvalue weighted by Gasteiger charge is 2.27. The van der Waals surface area contributed by atoms with Gasteiger partial charge in [-0.05, 0) is 70.6 Å². The summed E-state index contributed by atoms with van der Waals surface area (Å²) in [5.74, 6) is -1.77. The second kappa shape index (κ2) is 52.0. The van der Waals surface area contributed by atoms with Gasteiger partial charge >= 0.3 is 19.8 Å². The van der Waals surface area contributed by atoms with Gasteiger partial charge in [-0.3, -0.25) is 18.6 Å². The number of carboxylic acid groups (broad SMARTS) is 1. The van der Waals surface area contributed by atoms with Crippen LogP contribution in [0, 0.1) is 0 Å². The molecule has 0 spiro atoms. The lowest BCUT2D eigenvalue weighted by atomic mass is 10.0. The predicted molar refractivity (Wildman–Crippen MR) is 281 cm³/mol. The molecule has 0 heterocycles. The van der Waals surface area contributed by atoms with E-state index in [1.807, 2.05) is 0 Å². The summed E-state index contributed by atoms with van der Waals surface area (Å²) in [6.45, 7) is 3.91. The number of aliphatic carboxylic acids is 1. The Morgan fingerprint density at radius 1 is 0.478 bits per heavy atom. The second-order valence-electron chi connectivity index (χ2n) is 19.1. The summed E-state index contributed by atoms with van der Waals surface area (Å²) in [6.07, 6.45) is 62.1. The van der Waals surface area contributed by atoms with Crippen LogP contribution in [-0.2, 0) is 32.7 Å². The molecule has 0 aromatic carbocycles. The average molecular weight is 968 g/mol. The van der Waals surface area contributed by atoms with Gasteiger partial charge in [0.1, 0.15) is 12.1 Å². The number of rotatable bonds is 54. The van der Waals surface area contributed by atoms with Crippen LogP contribution in [0.15, 0.2) is 36.5 Å². The van der Waals surface area contributed by atoms with E-state index in [0.29, 0.717) is 13.0 Å². The SMILES string of the molecule is CCCCCCC/C=C\C/C=C\CCCCCCCCCCCC(=O)OC(COCCCCCCCCCCCCCC/C=C\CCCCCCCCCC)COP(=O)(O)OCC(N)C(=O)O. The molecule has 0 saturated heterocycles. The molecule has 10 nitrogen and oxygen atoms in total. The van der Waals surface area contributed by atoms with Gasteiger partial charge in [0.25, 0.3) is 0 Å². The van der Waals surface area contributed by atoms with Crippen LogP contribution in [0.5, 0.6) is 0 Å². The molecule has 0 rings (SSSR count). The molecular weight excluding hydrogens is 862 g/mol. The van der Waals surface area contributed by atoms with Gasteiger partial charge in [0.2, 0.25) is 0 Å². The number of phosphoric acid groups is 1. The fourth-order valence-corrected chi connectivity index (χ4v) is 8.82. The Bertz CT molecular complexity index is 1210. The van der Waals surface area contributed by atoms with Crippen molar-refractivity contribution in [3.63, 3.8) is 0 Å². The molecule has 11 heteroatoms. The minimum atomic E-state index is -4.63. The van der Waals surface area contributed by atoms with Gasteiger partial charge < -0.3 is 25.2 Å². The van der Waals surface area contributed by atoms with E-state index in [-0.39, 0.29) is 13.0 Å². The first-order valence-corrected chi connectivity index (χ1v) is 29.5. The number of carbonyl (C=O) groups excluding carboxylic acids is 1. The summed E-state index contributed by atoms with van der Waals surface area (Å²) < 4.78 is 33.6. The zero-order chi connectivity index (χ0) is 49.0. The van der Waals surface area contributed by atoms with E-state index >= 15 is 0 Å². The number of phosphoric ester groups is 1. The highest BCUT2D eigenvalue weighted by Crippen LogP contribution is 2.43. The van der Waals surface area contributed by atoms with E-state index in [4.69, 9.17) is 29.4 Å². The van der Waals surface area contributed by atoms with Crippen LogP contribution < -0.4 is 5.73 Å². The summed E-state index contributed by atoms with van der Waals surface area (Å²) >= 11 is 0. The maximum Gasteiger partial charge on any atom is 0.472 e. The van der Waals surface area contributed by atoms with Crippen LogP contribution in [-0.4, -0.2) is 60.5 Å². The van der Waals surface area contributed by atoms with Crippen LogP contribution in [0.25, 0.3) is 0 Å². The van der Waals surface area contributed by atoms with Gasteiger partial charge in [-0.1, -0.05) is 230 Å². The number of allylic oxidation sites excluding steroid dienone is 6. The normalized spacial score (nSPS) is 13.9. The quantitative estimate of drug-likeness (QED) is 0.0232. The van der Waals surface area contributed by atoms with E-state index in [1.54, 1.807) is 0 Å². The smallest absolute Gasteiger partial charge is 0.472 e. The van der Waals surface area contributed by atoms with E-state index in [0.717, 1.165) is 51.4 Å². The van der Waals surface area contributed by atoms with Crippen molar-refractivity contribution >= 4 is 19.8 Å². The first kappa shape index (κ1) is 65.2. The van der Waals surface area contributed by atoms with Crippen molar-refractivity contribution in [2.75, 3.05) is 26.4 Å². The van der Waals surface area contributed by atoms with Gasteiger partial charge in [-0.15, -0.1) is 0 Å². The number of ether oxygens (including phenoxy) is 2. The van der Waals surface area contributed by atoms with Crippen molar-refractivity contribution in [1.82, 2.24) is 0 Å². The van der Waals surface area contributed by atoms with Gasteiger partial charge in [0, 0.05) is 13.0 Å². The second-order valence-corrected chi connectivity index (χ2v) is 20.5. The monoisotopic (exact) mass is 968 g/mol. The molecule has 0 amide bonds. The van der Waals surface area contributed by atoms with Crippen LogP contribution >= 0.6 is 7.82 Å². The first-order valence-electron chi connectivity index (χ1n) is 28.0. The summed E-state index contributed by atoms with van der Waals surface area (Å²) in [4.78, 5) is 33.8. The molecule has 0 aromatic rings. The number of hydrogen-bond donors (Lipinski definition) is 3. The molecule has 394 valence electrons. The molecule has 0 aromatic heterocycles. The lowest BCUT2D eigenvalue weighted by Crippen LogP contribution is -2.34. The van der Waals surface area contributed by atoms with Crippen molar-refractivity contribution in [2.24, 2.45) is 5.73 Å². The zero-order valence-corrected chi connectivity index (χ0v) is 44.4. The van der Waals surface area contributed by atoms with E-state index in [1.165, 1.54) is 193 Å². The molecule has 3 atom stereocenters. The Balaban J connectivity index is 4.08. The third kappa shape index (κ3) is 51.9. The molecule has 0 aliphatic rings. The third-order valence-electron chi connectivity index (χ3n) is 12.4. The minimum Gasteiger partial charge on any atom is -0.480 e. The molecular formula is C56H106NO9P. The third-order valence-corrected chi connectivity index (χ3v) is 13.3. The van der Waals surface area contributed by atoms with Gasteiger partial charge in [-0.2, -0.15) is 0 Å². The molecule has 0 fully saturated rings. The molecule has 0 aliphatic heterocycles. The summed E-state index contributed by atoms with van der Waals surface area (Å²) in [5.41, 5.74) is 5.39. The minimum absolute atomic E-state index is 0.0172. The van der Waals surface area contributed by atoms with Crippen LogP contribution in [0.4, 0.5) is 0 Å². The zero-order valence-electron chi connectivity index (χ0n) is 43.5. The fourth-order valence-electron chi connectivity index (χ4n) is 8.04. The first-order chi connectivity index (χ1) is 32.7. The number of nitrogens with two attached hydrogens (primary N) is 1. The number of hydrogen-bond acceptors (Lipinski definition) is 8. The van der Waals surface area contributed by atoms with E-state index < -0.39 is 45.1 Å². The van der Waals surface area contributed by atoms with E-state index in [9.17, 15) is 19.0 Å². The summed E-state index contributed by atoms with van der Waals surface area (Å²) in [7, 11) is -4.63. The van der Waals surface area contributed by atoms with Gasteiger partial charge in [0.15, 0.2) is 0 Å². The van der Waals surface area contributed by atoms with Crippen molar-refractivity contribution in [2.45, 2.75) is 283 Å². The predicted octanol–water partition coefficient (Wildman–Crippen LogP) is 16.8. The van der Waals surface area contributed by atoms with Crippen molar-refractivity contribution in [1.29, 1.82) is 0 Å². The molecule has 0 saturated carbocycles. The number of esters is 1. The summed E-state index contributed by atoms with van der Waals surface area (Å²) in [6, 6.07) is -1.47. The topological polar surface area (TPSA) is 155 Å². The largest absolute Gasteiger partial charge is 0.480 e. The molecule has 4 N–H and O–H groups in total. The highest BCUT2D eigenvalue weighted by atomic mass is 31.2. The Kier molecular flexibility index (Phi) is 50.6. The van der Waals surface area contributed by atoms with Gasteiger partial charge in [-0.25, -0.2) is 4.57 Å². The number of carbonyl (C=O) groups is 2. The van der Waals surface area contributed by atoms with Crippen molar-refractivity contribution in [3.05, 3.63) is 36.5 Å².